The van der Waals surface area contributed by atoms with Gasteiger partial charge in [-0.1, -0.05) is 0 Å². The molecule has 4 aliphatic rings. The highest BCUT2D eigenvalue weighted by Crippen LogP contribution is 2.23. The number of nitrogens with zero attached hydrogens (tertiary/aromatic N) is 1. The third-order valence-electron chi connectivity index (χ3n) is 4.09. The van der Waals surface area contributed by atoms with E-state index in [1.807, 2.05) is 0 Å². The zero-order valence-corrected chi connectivity index (χ0v) is 13.7. The molecule has 0 amide bonds. The third-order valence-corrected chi connectivity index (χ3v) is 5.07. The van der Waals surface area contributed by atoms with Gasteiger partial charge in [0.25, 0.3) is 0 Å². The van der Waals surface area contributed by atoms with Crippen LogP contribution in [0.4, 0.5) is 0 Å². The number of hydrogen-bond acceptors (Lipinski definition) is 2. The standard InChI is InChI=1S/C20H13N3S/c1-2-14-10-16-4-6-18(23-16)12-20-8-7-19(24-20)11-17-5-3-15(22-17)9-13(1)21-14/h1-12,21H/p+2. The number of aliphatic imine (C=N–C) groups is 1. The van der Waals surface area contributed by atoms with E-state index >= 15 is 0 Å². The van der Waals surface area contributed by atoms with Gasteiger partial charge in [-0.2, -0.15) is 0 Å². The monoisotopic (exact) mass is 329 g/mol. The number of nitrogens with one attached hydrogen (secondary N) is 1. The molecule has 0 unspecified atom stereocenters. The molecule has 0 spiro atoms. The third kappa shape index (κ3) is 2.62. The first kappa shape index (κ1) is 13.6. The second-order valence-electron chi connectivity index (χ2n) is 5.96. The minimum atomic E-state index is 0.996. The molecule has 3 N–H and O–H groups in total. The molecule has 1 aromatic rings. The summed E-state index contributed by atoms with van der Waals surface area (Å²) >= 11 is 1.77. The molecule has 0 aliphatic carbocycles. The van der Waals surface area contributed by atoms with Crippen molar-refractivity contribution in [3.8, 4) is 0 Å². The van der Waals surface area contributed by atoms with Crippen molar-refractivity contribution in [1.82, 2.24) is 0 Å². The topological polar surface area (TPSA) is 42.9 Å². The lowest BCUT2D eigenvalue weighted by atomic mass is 10.3. The Morgan fingerprint density at radius 1 is 0.792 bits per heavy atom. The Bertz CT molecular complexity index is 939. The number of rotatable bonds is 0. The van der Waals surface area contributed by atoms with E-state index in [4.69, 9.17) is 0 Å². The minimum Gasteiger partial charge on any atom is -0.281 e. The lowest BCUT2D eigenvalue weighted by molar-refractivity contribution is -0.539. The summed E-state index contributed by atoms with van der Waals surface area (Å²) in [7, 11) is 0. The van der Waals surface area contributed by atoms with Gasteiger partial charge in [0.15, 0.2) is 0 Å². The number of fused-ring (bicyclic) bond motifs is 6. The van der Waals surface area contributed by atoms with E-state index in [1.54, 1.807) is 11.3 Å². The van der Waals surface area contributed by atoms with Gasteiger partial charge in [-0.25, -0.2) is 9.98 Å². The Hall–Kier alpha value is -2.82. The quantitative estimate of drug-likeness (QED) is 0.724. The Balaban J connectivity index is 1.64. The molecule has 8 bridgehead atoms. The molecule has 24 heavy (non-hydrogen) atoms. The molecular formula is C20H15N3S+2. The molecule has 0 radical (unpaired) electrons. The SMILES string of the molecule is C1=CC2=NC1=Cc1ccc(s1)C=C1C=CC(=[NH+]1)C=C1C=CC(=C2)[NH2+]1. The van der Waals surface area contributed by atoms with Gasteiger partial charge in [0.1, 0.15) is 11.4 Å². The summed E-state index contributed by atoms with van der Waals surface area (Å²) in [6.07, 6.45) is 21.2. The first-order valence-corrected chi connectivity index (χ1v) is 8.70. The predicted molar refractivity (Wildman–Crippen MR) is 99.2 cm³/mol. The lowest BCUT2D eigenvalue weighted by Crippen LogP contribution is -2.77. The molecule has 0 aromatic carbocycles. The van der Waals surface area contributed by atoms with E-state index in [-0.39, 0.29) is 0 Å². The Kier molecular flexibility index (Phi) is 3.04. The summed E-state index contributed by atoms with van der Waals surface area (Å²) < 4.78 is 0. The van der Waals surface area contributed by atoms with Crippen LogP contribution in [0.3, 0.4) is 0 Å². The highest BCUT2D eigenvalue weighted by atomic mass is 32.1. The van der Waals surface area contributed by atoms with Gasteiger partial charge < -0.3 is 0 Å². The summed E-state index contributed by atoms with van der Waals surface area (Å²) in [6, 6.07) is 4.30. The molecule has 0 fully saturated rings. The number of allylic oxidation sites excluding steroid dienone is 8. The normalized spacial score (nSPS) is 20.5. The Morgan fingerprint density at radius 2 is 1.62 bits per heavy atom. The van der Waals surface area contributed by atoms with E-state index in [2.05, 4.69) is 88.2 Å². The van der Waals surface area contributed by atoms with Crippen LogP contribution in [0.1, 0.15) is 9.75 Å². The van der Waals surface area contributed by atoms with Gasteiger partial charge in [-0.05, 0) is 30.4 Å². The maximum absolute atomic E-state index is 4.69. The van der Waals surface area contributed by atoms with Crippen molar-refractivity contribution in [2.45, 2.75) is 0 Å². The molecule has 5 heterocycles. The summed E-state index contributed by atoms with van der Waals surface area (Å²) in [4.78, 5) is 10.6. The Labute approximate surface area is 143 Å². The molecule has 4 heteroatoms. The summed E-state index contributed by atoms with van der Waals surface area (Å²) in [5.74, 6) is 0. The molecule has 4 aliphatic heterocycles. The summed E-state index contributed by atoms with van der Waals surface area (Å²) in [5.41, 5.74) is 6.60. The van der Waals surface area contributed by atoms with Crippen LogP contribution in [0.5, 0.6) is 0 Å². The van der Waals surface area contributed by atoms with Crippen LogP contribution in [-0.4, -0.2) is 11.4 Å². The average Bonchev–Trinajstić information content (AvgIpc) is 3.32. The minimum absolute atomic E-state index is 0.996. The van der Waals surface area contributed by atoms with Crippen LogP contribution in [0.15, 0.2) is 88.5 Å². The Morgan fingerprint density at radius 3 is 2.54 bits per heavy atom. The van der Waals surface area contributed by atoms with Gasteiger partial charge in [-0.15, -0.1) is 11.3 Å². The average molecular weight is 329 g/mol. The second-order valence-corrected chi connectivity index (χ2v) is 7.11. The first-order valence-electron chi connectivity index (χ1n) is 7.88. The molecule has 1 aromatic heterocycles. The molecule has 114 valence electrons. The van der Waals surface area contributed by atoms with Crippen molar-refractivity contribution in [3.63, 3.8) is 0 Å². The van der Waals surface area contributed by atoms with Crippen LogP contribution in [-0.2, 0) is 0 Å². The van der Waals surface area contributed by atoms with Crippen LogP contribution < -0.4 is 10.3 Å². The van der Waals surface area contributed by atoms with Gasteiger partial charge in [0.2, 0.25) is 11.4 Å². The number of hydrogen-bond donors (Lipinski definition) is 2. The van der Waals surface area contributed by atoms with Crippen LogP contribution in [0, 0.1) is 0 Å². The van der Waals surface area contributed by atoms with Gasteiger partial charge in [0, 0.05) is 46.2 Å². The van der Waals surface area contributed by atoms with E-state index in [1.165, 1.54) is 21.1 Å². The molecule has 0 saturated carbocycles. The largest absolute Gasteiger partial charge is 0.281 e. The van der Waals surface area contributed by atoms with Crippen LogP contribution in [0.2, 0.25) is 0 Å². The van der Waals surface area contributed by atoms with Crippen molar-refractivity contribution in [2.24, 2.45) is 4.99 Å². The predicted octanol–water partition coefficient (Wildman–Crippen LogP) is 1.45. The fraction of sp³-hybridized carbons (Fsp3) is 0. The maximum atomic E-state index is 4.69. The zero-order chi connectivity index (χ0) is 15.9. The highest BCUT2D eigenvalue weighted by Gasteiger charge is 2.17. The van der Waals surface area contributed by atoms with Crippen molar-refractivity contribution < 1.29 is 10.3 Å². The molecule has 3 nitrogen and oxygen atoms in total. The van der Waals surface area contributed by atoms with E-state index in [0.29, 0.717) is 0 Å². The van der Waals surface area contributed by atoms with E-state index in [9.17, 15) is 0 Å². The van der Waals surface area contributed by atoms with Crippen LogP contribution >= 0.6 is 11.3 Å². The van der Waals surface area contributed by atoms with Gasteiger partial charge in [0.05, 0.1) is 17.5 Å². The molecule has 0 saturated heterocycles. The summed E-state index contributed by atoms with van der Waals surface area (Å²) in [6.45, 7) is 0. The highest BCUT2D eigenvalue weighted by molar-refractivity contribution is 7.13. The smallest absolute Gasteiger partial charge is 0.210 e. The van der Waals surface area contributed by atoms with Crippen molar-refractivity contribution in [3.05, 3.63) is 93.3 Å². The van der Waals surface area contributed by atoms with Crippen LogP contribution in [0.25, 0.3) is 12.2 Å². The zero-order valence-electron chi connectivity index (χ0n) is 12.9. The molecule has 5 rings (SSSR count). The number of thiophene rings is 1. The molecular weight excluding hydrogens is 314 g/mol. The van der Waals surface area contributed by atoms with Crippen molar-refractivity contribution in [2.75, 3.05) is 0 Å². The van der Waals surface area contributed by atoms with Gasteiger partial charge in [-0.3, -0.25) is 5.32 Å². The summed E-state index contributed by atoms with van der Waals surface area (Å²) in [5, 5.41) is 2.18. The first-order chi connectivity index (χ1) is 11.8. The fourth-order valence-electron chi connectivity index (χ4n) is 2.99. The van der Waals surface area contributed by atoms with Crippen molar-refractivity contribution >= 4 is 34.9 Å². The van der Waals surface area contributed by atoms with E-state index in [0.717, 1.165) is 22.8 Å². The van der Waals surface area contributed by atoms with E-state index < -0.39 is 0 Å². The lowest BCUT2D eigenvalue weighted by Gasteiger charge is -1.94. The van der Waals surface area contributed by atoms with Gasteiger partial charge >= 0.3 is 0 Å². The maximum Gasteiger partial charge on any atom is 0.210 e. The van der Waals surface area contributed by atoms with Crippen molar-refractivity contribution in [1.29, 1.82) is 0 Å². The fourth-order valence-corrected chi connectivity index (χ4v) is 3.90. The number of nitrogens with two attached hydrogens (primary N) is 1. The molecule has 0 atom stereocenters. The second kappa shape index (κ2) is 5.37. The number of quaternary nitrogens is 1.